The molecule has 2 heterocycles. The van der Waals surface area contributed by atoms with E-state index in [-0.39, 0.29) is 29.0 Å². The SMILES string of the molecule is [C-]#[N+]c1cccc(NC2=NS(=O)N=C2N[C@H](CC)c2cc(C)c(C)o2)c1O. The molecule has 0 amide bonds. The average Bonchev–Trinajstić information content (AvgIpc) is 3.16. The zero-order valence-electron chi connectivity index (χ0n) is 15.1. The van der Waals surface area contributed by atoms with E-state index >= 15 is 0 Å². The monoisotopic (exact) mass is 385 g/mol. The second-order valence-electron chi connectivity index (χ2n) is 6.01. The first-order valence-electron chi connectivity index (χ1n) is 8.32. The number of phenolic OH excluding ortho intramolecular Hbond substituents is 1. The quantitative estimate of drug-likeness (QED) is 0.550. The van der Waals surface area contributed by atoms with Gasteiger partial charge in [-0.1, -0.05) is 19.1 Å². The number of phenols is 1. The van der Waals surface area contributed by atoms with E-state index < -0.39 is 11.2 Å². The van der Waals surface area contributed by atoms with E-state index in [1.54, 1.807) is 12.1 Å². The van der Waals surface area contributed by atoms with E-state index in [1.807, 2.05) is 26.8 Å². The van der Waals surface area contributed by atoms with Crippen LogP contribution in [0.1, 0.15) is 36.5 Å². The first kappa shape index (κ1) is 18.7. The van der Waals surface area contributed by atoms with Crippen molar-refractivity contribution in [2.45, 2.75) is 33.2 Å². The van der Waals surface area contributed by atoms with Crippen molar-refractivity contribution < 1.29 is 13.7 Å². The minimum atomic E-state index is -1.77. The molecular weight excluding hydrogens is 366 g/mol. The van der Waals surface area contributed by atoms with Gasteiger partial charge in [0.2, 0.25) is 5.69 Å². The summed E-state index contributed by atoms with van der Waals surface area (Å²) in [5, 5.41) is 16.3. The Balaban J connectivity index is 1.83. The molecule has 140 valence electrons. The fraction of sp³-hybridized carbons (Fsp3) is 0.278. The van der Waals surface area contributed by atoms with Gasteiger partial charge in [0.15, 0.2) is 11.7 Å². The van der Waals surface area contributed by atoms with E-state index in [0.29, 0.717) is 12.3 Å². The lowest BCUT2D eigenvalue weighted by Crippen LogP contribution is -2.36. The van der Waals surface area contributed by atoms with Crippen molar-refractivity contribution in [2.75, 3.05) is 5.32 Å². The maximum atomic E-state index is 11.8. The molecule has 3 rings (SSSR count). The van der Waals surface area contributed by atoms with Gasteiger partial charge < -0.3 is 20.2 Å². The van der Waals surface area contributed by atoms with Gasteiger partial charge >= 0.3 is 0 Å². The van der Waals surface area contributed by atoms with Crippen molar-refractivity contribution in [2.24, 2.45) is 8.80 Å². The molecule has 0 spiro atoms. The summed E-state index contributed by atoms with van der Waals surface area (Å²) in [5.74, 6) is 1.93. The summed E-state index contributed by atoms with van der Waals surface area (Å²) in [4.78, 5) is 3.25. The van der Waals surface area contributed by atoms with Gasteiger partial charge in [-0.3, -0.25) is 0 Å². The van der Waals surface area contributed by atoms with Crippen LogP contribution in [0.25, 0.3) is 4.85 Å². The third kappa shape index (κ3) is 3.85. The van der Waals surface area contributed by atoms with E-state index in [0.717, 1.165) is 17.1 Å². The summed E-state index contributed by atoms with van der Waals surface area (Å²) in [7, 11) is 0. The van der Waals surface area contributed by atoms with Crippen molar-refractivity contribution in [1.29, 1.82) is 0 Å². The first-order valence-corrected chi connectivity index (χ1v) is 9.39. The number of furan rings is 1. The molecule has 1 unspecified atom stereocenters. The second-order valence-corrected chi connectivity index (χ2v) is 6.84. The van der Waals surface area contributed by atoms with Gasteiger partial charge in [-0.05, 0) is 38.0 Å². The van der Waals surface area contributed by atoms with Crippen LogP contribution in [0.15, 0.2) is 37.5 Å². The molecule has 1 aliphatic heterocycles. The van der Waals surface area contributed by atoms with Crippen LogP contribution in [0.2, 0.25) is 0 Å². The number of aryl methyl sites for hydroxylation is 2. The zero-order valence-corrected chi connectivity index (χ0v) is 15.9. The predicted molar refractivity (Wildman–Crippen MR) is 105 cm³/mol. The highest BCUT2D eigenvalue weighted by Crippen LogP contribution is 2.34. The Bertz CT molecular complexity index is 983. The number of hydrogen-bond acceptors (Lipinski definition) is 5. The number of aromatic hydroxyl groups is 1. The van der Waals surface area contributed by atoms with Gasteiger partial charge in [0, 0.05) is 0 Å². The molecule has 1 aliphatic rings. The maximum absolute atomic E-state index is 11.8. The number of para-hydroxylation sites is 1. The fourth-order valence-electron chi connectivity index (χ4n) is 2.60. The van der Waals surface area contributed by atoms with Crippen molar-refractivity contribution >= 4 is 34.2 Å². The van der Waals surface area contributed by atoms with Crippen LogP contribution in [-0.4, -0.2) is 21.0 Å². The standard InChI is InChI=1S/C18H19N5O3S/c1-5-12(15-9-10(2)11(3)26-15)20-17-18(23-27(25)22-17)21-14-8-6-7-13(19-4)16(14)24/h6-9,12,24H,5H2,1-3H3,(H,20,22)(H,21,23)/t12-,27?/m1/s1. The van der Waals surface area contributed by atoms with Gasteiger partial charge in [-0.25, -0.2) is 9.05 Å². The number of anilines is 1. The van der Waals surface area contributed by atoms with Gasteiger partial charge in [-0.15, -0.1) is 8.80 Å². The molecule has 0 fully saturated rings. The number of amidine groups is 2. The summed E-state index contributed by atoms with van der Waals surface area (Å²) >= 11 is -1.77. The normalized spacial score (nSPS) is 17.0. The summed E-state index contributed by atoms with van der Waals surface area (Å²) in [5.41, 5.74) is 1.45. The van der Waals surface area contributed by atoms with Gasteiger partial charge in [0.05, 0.1) is 18.3 Å². The van der Waals surface area contributed by atoms with Crippen molar-refractivity contribution in [3.05, 3.63) is 52.8 Å². The summed E-state index contributed by atoms with van der Waals surface area (Å²) in [6.45, 7) is 12.9. The molecule has 9 heteroatoms. The third-order valence-electron chi connectivity index (χ3n) is 4.20. The molecular formula is C18H19N5O3S. The molecule has 0 radical (unpaired) electrons. The molecule has 1 aromatic heterocycles. The van der Waals surface area contributed by atoms with Crippen molar-refractivity contribution in [1.82, 2.24) is 5.32 Å². The van der Waals surface area contributed by atoms with Crippen LogP contribution in [0.5, 0.6) is 5.75 Å². The molecule has 0 saturated heterocycles. The van der Waals surface area contributed by atoms with Crippen LogP contribution < -0.4 is 10.6 Å². The van der Waals surface area contributed by atoms with Gasteiger partial charge in [0.25, 0.3) is 11.2 Å². The second kappa shape index (κ2) is 7.63. The van der Waals surface area contributed by atoms with Crippen LogP contribution in [0, 0.1) is 20.4 Å². The minimum Gasteiger partial charge on any atom is -0.517 e. The number of nitrogens with zero attached hydrogens (tertiary/aromatic N) is 3. The molecule has 2 aromatic rings. The molecule has 2 atom stereocenters. The predicted octanol–water partition coefficient (Wildman–Crippen LogP) is 3.69. The third-order valence-corrected chi connectivity index (χ3v) is 4.88. The highest BCUT2D eigenvalue weighted by atomic mass is 32.2. The lowest BCUT2D eigenvalue weighted by atomic mass is 10.1. The largest absolute Gasteiger partial charge is 0.517 e. The average molecular weight is 385 g/mol. The molecule has 8 nitrogen and oxygen atoms in total. The van der Waals surface area contributed by atoms with Crippen molar-refractivity contribution in [3.63, 3.8) is 0 Å². The van der Waals surface area contributed by atoms with Crippen LogP contribution in [0.4, 0.5) is 11.4 Å². The Morgan fingerprint density at radius 3 is 2.70 bits per heavy atom. The lowest BCUT2D eigenvalue weighted by Gasteiger charge is -2.17. The summed E-state index contributed by atoms with van der Waals surface area (Å²) < 4.78 is 25.6. The van der Waals surface area contributed by atoms with E-state index in [2.05, 4.69) is 24.3 Å². The molecule has 0 bridgehead atoms. The van der Waals surface area contributed by atoms with Crippen molar-refractivity contribution in [3.8, 4) is 5.75 Å². The maximum Gasteiger partial charge on any atom is 0.269 e. The highest BCUT2D eigenvalue weighted by Gasteiger charge is 2.25. The van der Waals surface area contributed by atoms with Crippen LogP contribution >= 0.6 is 0 Å². The highest BCUT2D eigenvalue weighted by molar-refractivity contribution is 7.83. The Kier molecular flexibility index (Phi) is 5.28. The van der Waals surface area contributed by atoms with Crippen LogP contribution in [-0.2, 0) is 11.2 Å². The Labute approximate surface area is 159 Å². The Morgan fingerprint density at radius 2 is 2.07 bits per heavy atom. The lowest BCUT2D eigenvalue weighted by molar-refractivity contribution is 0.423. The fourth-order valence-corrected chi connectivity index (χ4v) is 3.23. The number of benzene rings is 1. The Morgan fingerprint density at radius 1 is 1.33 bits per heavy atom. The molecule has 0 aliphatic carbocycles. The van der Waals surface area contributed by atoms with E-state index in [9.17, 15) is 9.32 Å². The van der Waals surface area contributed by atoms with E-state index in [4.69, 9.17) is 11.0 Å². The molecule has 0 saturated carbocycles. The Hall–Kier alpha value is -3.12. The first-order chi connectivity index (χ1) is 12.9. The van der Waals surface area contributed by atoms with Crippen LogP contribution in [0.3, 0.4) is 0 Å². The molecule has 3 N–H and O–H groups in total. The van der Waals surface area contributed by atoms with Gasteiger partial charge in [0.1, 0.15) is 17.3 Å². The summed E-state index contributed by atoms with van der Waals surface area (Å²) in [6, 6.07) is 6.51. The smallest absolute Gasteiger partial charge is 0.269 e. The minimum absolute atomic E-state index is 0.110. The number of rotatable bonds is 4. The van der Waals surface area contributed by atoms with Gasteiger partial charge in [-0.2, -0.15) is 0 Å². The number of nitrogens with one attached hydrogen (secondary N) is 2. The zero-order chi connectivity index (χ0) is 19.6. The summed E-state index contributed by atoms with van der Waals surface area (Å²) in [6.07, 6.45) is 0.712. The number of hydrogen-bond donors (Lipinski definition) is 3. The van der Waals surface area contributed by atoms with E-state index in [1.165, 1.54) is 6.07 Å². The molecule has 27 heavy (non-hydrogen) atoms. The topological polar surface area (TPSA) is 104 Å². The molecule has 1 aromatic carbocycles.